The van der Waals surface area contributed by atoms with E-state index in [0.717, 1.165) is 12.0 Å². The Morgan fingerprint density at radius 3 is 2.71 bits per heavy atom. The molecule has 128 valence electrons. The minimum Gasteiger partial charge on any atom is -0.396 e. The van der Waals surface area contributed by atoms with E-state index in [1.807, 2.05) is 43.3 Å². The molecule has 1 aliphatic carbocycles. The summed E-state index contributed by atoms with van der Waals surface area (Å²) in [7, 11) is 0. The topological polar surface area (TPSA) is 69.6 Å². The Morgan fingerprint density at radius 1 is 1.29 bits per heavy atom. The normalized spacial score (nSPS) is 26.2. The number of rotatable bonds is 5. The Balaban J connectivity index is 1.53. The maximum Gasteiger partial charge on any atom is 0.225 e. The van der Waals surface area contributed by atoms with Crippen LogP contribution < -0.4 is 5.32 Å². The van der Waals surface area contributed by atoms with Crippen LogP contribution in [-0.2, 0) is 16.1 Å². The first-order valence-electron chi connectivity index (χ1n) is 8.48. The largest absolute Gasteiger partial charge is 0.396 e. The molecule has 1 fully saturated rings. The number of benzene rings is 1. The van der Waals surface area contributed by atoms with Crippen molar-refractivity contribution < 1.29 is 14.7 Å². The molecule has 0 aromatic heterocycles. The van der Waals surface area contributed by atoms with Crippen molar-refractivity contribution in [3.05, 3.63) is 47.5 Å². The van der Waals surface area contributed by atoms with Gasteiger partial charge >= 0.3 is 0 Å². The van der Waals surface area contributed by atoms with Crippen molar-refractivity contribution in [2.24, 2.45) is 11.8 Å². The van der Waals surface area contributed by atoms with Crippen molar-refractivity contribution in [2.45, 2.75) is 32.4 Å². The molecule has 2 N–H and O–H groups in total. The molecule has 1 saturated heterocycles. The highest BCUT2D eigenvalue weighted by Crippen LogP contribution is 2.22. The maximum absolute atomic E-state index is 12.4. The summed E-state index contributed by atoms with van der Waals surface area (Å²) < 4.78 is 0. The predicted octanol–water partition coefficient (Wildman–Crippen LogP) is 1.40. The second kappa shape index (κ2) is 7.18. The van der Waals surface area contributed by atoms with Crippen molar-refractivity contribution in [3.8, 4) is 0 Å². The Hall–Kier alpha value is -2.14. The first kappa shape index (κ1) is 16.7. The number of hydrogen-bond acceptors (Lipinski definition) is 3. The van der Waals surface area contributed by atoms with Crippen LogP contribution in [0.3, 0.4) is 0 Å². The highest BCUT2D eigenvalue weighted by molar-refractivity contribution is 5.89. The zero-order valence-corrected chi connectivity index (χ0v) is 13.9. The van der Waals surface area contributed by atoms with E-state index >= 15 is 0 Å². The average Bonchev–Trinajstić information content (AvgIpc) is 3.16. The number of carbonyl (C=O) groups excluding carboxylic acids is 2. The summed E-state index contributed by atoms with van der Waals surface area (Å²) in [5.74, 6) is -0.197. The summed E-state index contributed by atoms with van der Waals surface area (Å²) in [6.45, 7) is 3.16. The average molecular weight is 328 g/mol. The van der Waals surface area contributed by atoms with Crippen molar-refractivity contribution in [2.75, 3.05) is 13.2 Å². The molecular weight excluding hydrogens is 304 g/mol. The Bertz CT molecular complexity index is 639. The van der Waals surface area contributed by atoms with Crippen molar-refractivity contribution in [1.29, 1.82) is 0 Å². The second-order valence-electron chi connectivity index (χ2n) is 6.84. The Kier molecular flexibility index (Phi) is 5.00. The number of likely N-dealkylation sites (tertiary alicyclic amines) is 1. The number of amides is 2. The third kappa shape index (κ3) is 3.85. The smallest absolute Gasteiger partial charge is 0.225 e. The van der Waals surface area contributed by atoms with Crippen molar-refractivity contribution in [1.82, 2.24) is 10.2 Å². The summed E-state index contributed by atoms with van der Waals surface area (Å²) >= 11 is 0. The summed E-state index contributed by atoms with van der Waals surface area (Å²) in [5.41, 5.74) is 2.27. The van der Waals surface area contributed by atoms with Gasteiger partial charge in [0.25, 0.3) is 0 Å². The molecular formula is C19H24N2O3. The molecule has 3 atom stereocenters. The predicted molar refractivity (Wildman–Crippen MR) is 91.0 cm³/mol. The van der Waals surface area contributed by atoms with Crippen molar-refractivity contribution in [3.63, 3.8) is 0 Å². The lowest BCUT2D eigenvalue weighted by atomic mass is 10.1. The van der Waals surface area contributed by atoms with Gasteiger partial charge in [0.1, 0.15) is 0 Å². The van der Waals surface area contributed by atoms with Gasteiger partial charge in [-0.2, -0.15) is 0 Å². The lowest BCUT2D eigenvalue weighted by molar-refractivity contribution is -0.129. The van der Waals surface area contributed by atoms with Crippen molar-refractivity contribution >= 4 is 11.8 Å². The minimum atomic E-state index is -0.287. The zero-order chi connectivity index (χ0) is 17.1. The van der Waals surface area contributed by atoms with Crippen LogP contribution in [0, 0.1) is 18.8 Å². The van der Waals surface area contributed by atoms with Crippen LogP contribution in [0.4, 0.5) is 0 Å². The number of carbonyl (C=O) groups is 2. The molecule has 0 radical (unpaired) electrons. The van der Waals surface area contributed by atoms with Crippen LogP contribution in [0.25, 0.3) is 0 Å². The lowest BCUT2D eigenvalue weighted by Gasteiger charge is -2.18. The molecule has 2 aliphatic rings. The van der Waals surface area contributed by atoms with E-state index in [9.17, 15) is 9.59 Å². The van der Waals surface area contributed by atoms with E-state index in [4.69, 9.17) is 5.11 Å². The van der Waals surface area contributed by atoms with E-state index in [2.05, 4.69) is 5.32 Å². The highest BCUT2D eigenvalue weighted by Gasteiger charge is 2.35. The number of hydrogen-bond donors (Lipinski definition) is 2. The van der Waals surface area contributed by atoms with Crippen LogP contribution in [0.5, 0.6) is 0 Å². The van der Waals surface area contributed by atoms with Gasteiger partial charge in [-0.05, 0) is 18.9 Å². The summed E-state index contributed by atoms with van der Waals surface area (Å²) in [6.07, 6.45) is 4.88. The van der Waals surface area contributed by atoms with Gasteiger partial charge in [0.2, 0.25) is 11.8 Å². The fourth-order valence-corrected chi connectivity index (χ4v) is 3.33. The van der Waals surface area contributed by atoms with Gasteiger partial charge in [0.05, 0.1) is 5.92 Å². The molecule has 0 bridgehead atoms. The Morgan fingerprint density at radius 2 is 2.04 bits per heavy atom. The van der Waals surface area contributed by atoms with Gasteiger partial charge in [-0.25, -0.2) is 0 Å². The molecule has 3 rings (SSSR count). The monoisotopic (exact) mass is 328 g/mol. The molecule has 0 saturated carbocycles. The Labute approximate surface area is 142 Å². The van der Waals surface area contributed by atoms with Gasteiger partial charge in [-0.15, -0.1) is 0 Å². The van der Waals surface area contributed by atoms with Crippen LogP contribution in [0.2, 0.25) is 0 Å². The standard InChI is InChI=1S/C19H24N2O3/c1-13-2-4-14(5-3-13)10-21-11-16(9-18(21)23)19(24)20-17-7-6-15(8-17)12-22/h2-7,15-17,22H,8-12H2,1H3,(H,20,24)/t15-,16?,17+/m0/s1. The molecule has 2 amide bonds. The molecule has 0 spiro atoms. The zero-order valence-electron chi connectivity index (χ0n) is 13.9. The molecule has 24 heavy (non-hydrogen) atoms. The molecule has 1 aromatic carbocycles. The van der Waals surface area contributed by atoms with E-state index < -0.39 is 0 Å². The fourth-order valence-electron chi connectivity index (χ4n) is 3.33. The van der Waals surface area contributed by atoms with E-state index in [1.165, 1.54) is 5.56 Å². The van der Waals surface area contributed by atoms with Gasteiger partial charge in [0.15, 0.2) is 0 Å². The van der Waals surface area contributed by atoms with E-state index in [1.54, 1.807) is 4.90 Å². The molecule has 1 unspecified atom stereocenters. The molecule has 5 nitrogen and oxygen atoms in total. The molecule has 1 aromatic rings. The van der Waals surface area contributed by atoms with Gasteiger partial charge < -0.3 is 15.3 Å². The molecule has 1 heterocycles. The van der Waals surface area contributed by atoms with Crippen LogP contribution in [0.15, 0.2) is 36.4 Å². The third-order valence-corrected chi connectivity index (χ3v) is 4.81. The number of nitrogens with one attached hydrogen (secondary N) is 1. The number of nitrogens with zero attached hydrogens (tertiary/aromatic N) is 1. The first-order valence-corrected chi connectivity index (χ1v) is 8.48. The number of aryl methyl sites for hydroxylation is 1. The van der Waals surface area contributed by atoms with Crippen LogP contribution in [0.1, 0.15) is 24.0 Å². The minimum absolute atomic E-state index is 0.0316. The quantitative estimate of drug-likeness (QED) is 0.803. The van der Waals surface area contributed by atoms with Gasteiger partial charge in [0, 0.05) is 38.1 Å². The number of aliphatic hydroxyl groups excluding tert-OH is 1. The van der Waals surface area contributed by atoms with E-state index in [-0.39, 0.29) is 42.7 Å². The summed E-state index contributed by atoms with van der Waals surface area (Å²) in [4.78, 5) is 26.4. The fraction of sp³-hybridized carbons (Fsp3) is 0.474. The van der Waals surface area contributed by atoms with Crippen LogP contribution in [-0.4, -0.2) is 41.0 Å². The summed E-state index contributed by atoms with van der Waals surface area (Å²) in [6, 6.07) is 8.08. The second-order valence-corrected chi connectivity index (χ2v) is 6.84. The third-order valence-electron chi connectivity index (χ3n) is 4.81. The molecule has 5 heteroatoms. The van der Waals surface area contributed by atoms with Gasteiger partial charge in [-0.3, -0.25) is 9.59 Å². The lowest BCUT2D eigenvalue weighted by Crippen LogP contribution is -2.38. The van der Waals surface area contributed by atoms with Gasteiger partial charge in [-0.1, -0.05) is 42.0 Å². The van der Waals surface area contributed by atoms with Crippen LogP contribution >= 0.6 is 0 Å². The highest BCUT2D eigenvalue weighted by atomic mass is 16.3. The SMILES string of the molecule is Cc1ccc(CN2CC(C(=O)N[C@@H]3C=C[C@H](CO)C3)CC2=O)cc1. The summed E-state index contributed by atoms with van der Waals surface area (Å²) in [5, 5.41) is 12.1. The van der Waals surface area contributed by atoms with E-state index in [0.29, 0.717) is 13.1 Å². The number of aliphatic hydroxyl groups is 1. The molecule has 1 aliphatic heterocycles. The first-order chi connectivity index (χ1) is 11.5. The maximum atomic E-state index is 12.4.